The lowest BCUT2D eigenvalue weighted by Crippen LogP contribution is -2.01. The van der Waals surface area contributed by atoms with Crippen molar-refractivity contribution in [1.29, 1.82) is 0 Å². The molecule has 0 spiro atoms. The average molecular weight is 372 g/mol. The molecule has 0 rings (SSSR count). The maximum Gasteiger partial charge on any atom is 0.340 e. The molecule has 0 bridgehead atoms. The van der Waals surface area contributed by atoms with Gasteiger partial charge in [0.2, 0.25) is 0 Å². The van der Waals surface area contributed by atoms with E-state index in [-0.39, 0.29) is 13.2 Å². The summed E-state index contributed by atoms with van der Waals surface area (Å²) in [4.78, 5) is 19.3. The van der Waals surface area contributed by atoms with Gasteiger partial charge in [-0.2, -0.15) is 0 Å². The topological polar surface area (TPSA) is 93.1 Å². The van der Waals surface area contributed by atoms with E-state index in [0.717, 1.165) is 51.4 Å². The standard InChI is InChI=1S/C15H34O6P2/c1-3-5-7-9-11-13-20-22(16,17)15-23(18,19)21-14-12-10-8-6-4-2/h3-15H2,1-2H3,(H,16,17)(H,18,19). The highest BCUT2D eigenvalue weighted by atomic mass is 31.2. The lowest BCUT2D eigenvalue weighted by molar-refractivity contribution is 0.240. The van der Waals surface area contributed by atoms with Crippen molar-refractivity contribution in [2.45, 2.75) is 78.1 Å². The van der Waals surface area contributed by atoms with Crippen molar-refractivity contribution in [3.05, 3.63) is 0 Å². The van der Waals surface area contributed by atoms with E-state index in [9.17, 15) is 18.9 Å². The van der Waals surface area contributed by atoms with E-state index >= 15 is 0 Å². The summed E-state index contributed by atoms with van der Waals surface area (Å²) >= 11 is 0. The summed E-state index contributed by atoms with van der Waals surface area (Å²) in [7, 11) is -8.15. The summed E-state index contributed by atoms with van der Waals surface area (Å²) in [5, 5.41) is 0. The highest BCUT2D eigenvalue weighted by molar-refractivity contribution is 7.70. The summed E-state index contributed by atoms with van der Waals surface area (Å²) in [6.45, 7) is 4.49. The van der Waals surface area contributed by atoms with E-state index < -0.39 is 21.1 Å². The van der Waals surface area contributed by atoms with Gasteiger partial charge in [0.25, 0.3) is 0 Å². The molecule has 2 atom stereocenters. The zero-order valence-electron chi connectivity index (χ0n) is 14.6. The quantitative estimate of drug-likeness (QED) is 0.282. The van der Waals surface area contributed by atoms with Crippen LogP contribution in [0.2, 0.25) is 0 Å². The molecule has 0 saturated carbocycles. The lowest BCUT2D eigenvalue weighted by Gasteiger charge is -2.16. The first-order valence-corrected chi connectivity index (χ1v) is 12.3. The van der Waals surface area contributed by atoms with Crippen LogP contribution in [0.3, 0.4) is 0 Å². The van der Waals surface area contributed by atoms with Crippen molar-refractivity contribution < 1.29 is 28.0 Å². The molecule has 0 aliphatic rings. The van der Waals surface area contributed by atoms with Crippen LogP contribution in [-0.4, -0.2) is 28.9 Å². The minimum absolute atomic E-state index is 0.133. The fraction of sp³-hybridized carbons (Fsp3) is 1.00. The Labute approximate surface area is 141 Å². The number of hydrogen-bond donors (Lipinski definition) is 2. The van der Waals surface area contributed by atoms with Gasteiger partial charge in [0.05, 0.1) is 13.2 Å². The molecule has 0 aromatic rings. The first kappa shape index (κ1) is 23.3. The van der Waals surface area contributed by atoms with Crippen molar-refractivity contribution in [3.63, 3.8) is 0 Å². The SMILES string of the molecule is CCCCCCCOP(=O)(O)CP(=O)(O)OCCCCCCC. The fourth-order valence-corrected chi connectivity index (χ4v) is 5.42. The second-order valence-corrected chi connectivity index (χ2v) is 10.1. The normalized spacial score (nSPS) is 16.9. The Balaban J connectivity index is 3.87. The minimum atomic E-state index is -4.07. The van der Waals surface area contributed by atoms with Crippen molar-refractivity contribution in [1.82, 2.24) is 0 Å². The van der Waals surface area contributed by atoms with Gasteiger partial charge in [0, 0.05) is 0 Å². The Morgan fingerprint density at radius 2 is 1.00 bits per heavy atom. The minimum Gasteiger partial charge on any atom is -0.324 e. The van der Waals surface area contributed by atoms with Crippen molar-refractivity contribution in [3.8, 4) is 0 Å². The molecule has 2 N–H and O–H groups in total. The largest absolute Gasteiger partial charge is 0.340 e. The highest BCUT2D eigenvalue weighted by Crippen LogP contribution is 2.58. The van der Waals surface area contributed by atoms with E-state index in [1.807, 2.05) is 0 Å². The third-order valence-electron chi connectivity index (χ3n) is 3.44. The Kier molecular flexibility index (Phi) is 13.8. The van der Waals surface area contributed by atoms with Crippen LogP contribution in [0.15, 0.2) is 0 Å². The molecule has 6 nitrogen and oxygen atoms in total. The number of unbranched alkanes of at least 4 members (excludes halogenated alkanes) is 8. The molecular formula is C15H34O6P2. The lowest BCUT2D eigenvalue weighted by atomic mass is 10.2. The molecule has 23 heavy (non-hydrogen) atoms. The number of hydrogen-bond acceptors (Lipinski definition) is 4. The first-order valence-electron chi connectivity index (χ1n) is 8.75. The van der Waals surface area contributed by atoms with E-state index in [0.29, 0.717) is 12.8 Å². The molecular weight excluding hydrogens is 338 g/mol. The predicted octanol–water partition coefficient (Wildman–Crippen LogP) is 5.29. The van der Waals surface area contributed by atoms with Gasteiger partial charge in [-0.3, -0.25) is 9.13 Å². The molecule has 0 amide bonds. The second kappa shape index (κ2) is 13.6. The van der Waals surface area contributed by atoms with Crippen LogP contribution in [0, 0.1) is 0 Å². The molecule has 0 aliphatic heterocycles. The van der Waals surface area contributed by atoms with E-state index in [2.05, 4.69) is 13.8 Å². The third-order valence-corrected chi connectivity index (χ3v) is 7.47. The highest BCUT2D eigenvalue weighted by Gasteiger charge is 2.33. The molecule has 0 radical (unpaired) electrons. The Bertz CT molecular complexity index is 341. The van der Waals surface area contributed by atoms with E-state index in [1.54, 1.807) is 0 Å². The third kappa shape index (κ3) is 15.6. The molecule has 0 saturated heterocycles. The molecule has 0 aromatic carbocycles. The second-order valence-electron chi connectivity index (χ2n) is 5.91. The van der Waals surface area contributed by atoms with Gasteiger partial charge in [-0.25, -0.2) is 0 Å². The average Bonchev–Trinajstić information content (AvgIpc) is 2.45. The molecule has 0 aliphatic carbocycles. The zero-order chi connectivity index (χ0) is 17.6. The van der Waals surface area contributed by atoms with Crippen molar-refractivity contribution in [2.75, 3.05) is 19.1 Å². The van der Waals surface area contributed by atoms with Crippen LogP contribution in [0.1, 0.15) is 78.1 Å². The van der Waals surface area contributed by atoms with Crippen LogP contribution in [0.25, 0.3) is 0 Å². The van der Waals surface area contributed by atoms with Gasteiger partial charge in [-0.15, -0.1) is 0 Å². The Morgan fingerprint density at radius 1 is 0.652 bits per heavy atom. The Morgan fingerprint density at radius 3 is 1.35 bits per heavy atom. The van der Waals surface area contributed by atoms with Gasteiger partial charge in [-0.1, -0.05) is 65.2 Å². The van der Waals surface area contributed by atoms with Crippen LogP contribution < -0.4 is 0 Å². The summed E-state index contributed by atoms with van der Waals surface area (Å²) in [5.74, 6) is -0.829. The van der Waals surface area contributed by atoms with Crippen molar-refractivity contribution >= 4 is 15.2 Å². The summed E-state index contributed by atoms with van der Waals surface area (Å²) in [5.41, 5.74) is 0. The van der Waals surface area contributed by atoms with Gasteiger partial charge < -0.3 is 18.8 Å². The van der Waals surface area contributed by atoms with Crippen molar-refractivity contribution in [2.24, 2.45) is 0 Å². The van der Waals surface area contributed by atoms with Crippen LogP contribution in [-0.2, 0) is 18.2 Å². The van der Waals surface area contributed by atoms with Gasteiger partial charge in [0.15, 0.2) is 5.90 Å². The maximum atomic E-state index is 11.8. The molecule has 2 unspecified atom stereocenters. The maximum absolute atomic E-state index is 11.8. The molecule has 8 heteroatoms. The Hall–Kier alpha value is 0.300. The first-order chi connectivity index (χ1) is 10.8. The fourth-order valence-electron chi connectivity index (χ4n) is 2.13. The van der Waals surface area contributed by atoms with Gasteiger partial charge in [-0.05, 0) is 12.8 Å². The van der Waals surface area contributed by atoms with E-state index in [1.165, 1.54) is 0 Å². The monoisotopic (exact) mass is 372 g/mol. The predicted molar refractivity (Wildman–Crippen MR) is 93.9 cm³/mol. The summed E-state index contributed by atoms with van der Waals surface area (Å²) in [6.07, 6.45) is 9.87. The van der Waals surface area contributed by atoms with Gasteiger partial charge in [0.1, 0.15) is 0 Å². The van der Waals surface area contributed by atoms with Gasteiger partial charge >= 0.3 is 15.2 Å². The molecule has 140 valence electrons. The van der Waals surface area contributed by atoms with Crippen LogP contribution in [0.4, 0.5) is 0 Å². The number of rotatable bonds is 16. The van der Waals surface area contributed by atoms with Crippen LogP contribution in [0.5, 0.6) is 0 Å². The zero-order valence-corrected chi connectivity index (χ0v) is 16.4. The molecule has 0 heterocycles. The van der Waals surface area contributed by atoms with Crippen LogP contribution >= 0.6 is 15.2 Å². The summed E-state index contributed by atoms with van der Waals surface area (Å²) in [6, 6.07) is 0. The molecule has 0 aromatic heterocycles. The smallest absolute Gasteiger partial charge is 0.324 e. The van der Waals surface area contributed by atoms with E-state index in [4.69, 9.17) is 9.05 Å². The molecule has 0 fully saturated rings. The summed E-state index contributed by atoms with van der Waals surface area (Å²) < 4.78 is 33.4.